The van der Waals surface area contributed by atoms with Gasteiger partial charge in [-0.05, 0) is 29.8 Å². The summed E-state index contributed by atoms with van der Waals surface area (Å²) in [4.78, 5) is 0.142. The van der Waals surface area contributed by atoms with Gasteiger partial charge in [-0.1, -0.05) is 41.4 Å². The molecule has 0 saturated carbocycles. The Morgan fingerprint density at radius 3 is 2.48 bits per heavy atom. The third-order valence-corrected chi connectivity index (χ3v) is 5.65. The van der Waals surface area contributed by atoms with E-state index in [4.69, 9.17) is 28.9 Å². The van der Waals surface area contributed by atoms with E-state index in [1.54, 1.807) is 30.3 Å². The molecule has 112 valence electrons. The molecule has 0 aliphatic rings. The summed E-state index contributed by atoms with van der Waals surface area (Å²) in [5.74, 6) is 0. The predicted octanol–water partition coefficient (Wildman–Crippen LogP) is 3.40. The number of sulfonamides is 1. The van der Waals surface area contributed by atoms with Crippen molar-refractivity contribution in [2.45, 2.75) is 11.4 Å². The van der Waals surface area contributed by atoms with Crippen LogP contribution in [0.2, 0.25) is 10.0 Å². The van der Waals surface area contributed by atoms with Gasteiger partial charge in [0.2, 0.25) is 10.0 Å². The molecule has 0 radical (unpaired) electrons. The fraction of sp³-hybridized carbons (Fsp3) is 0.143. The minimum atomic E-state index is -3.64. The average Bonchev–Trinajstić information content (AvgIpc) is 2.43. The third-order valence-electron chi connectivity index (χ3n) is 2.99. The van der Waals surface area contributed by atoms with Crippen molar-refractivity contribution >= 4 is 38.9 Å². The SMILES string of the molecule is CN(Cc1cccc(Cl)c1Cl)S(=O)(=O)c1cccc(N)c1. The largest absolute Gasteiger partial charge is 0.399 e. The maximum absolute atomic E-state index is 12.5. The molecule has 4 nitrogen and oxygen atoms in total. The van der Waals surface area contributed by atoms with Crippen LogP contribution in [0, 0.1) is 0 Å². The van der Waals surface area contributed by atoms with E-state index in [1.165, 1.54) is 23.5 Å². The summed E-state index contributed by atoms with van der Waals surface area (Å²) in [5.41, 5.74) is 6.66. The van der Waals surface area contributed by atoms with Crippen molar-refractivity contribution in [1.82, 2.24) is 4.31 Å². The lowest BCUT2D eigenvalue weighted by atomic mass is 10.2. The van der Waals surface area contributed by atoms with Gasteiger partial charge < -0.3 is 5.73 Å². The van der Waals surface area contributed by atoms with Crippen molar-refractivity contribution < 1.29 is 8.42 Å². The lowest BCUT2D eigenvalue weighted by Crippen LogP contribution is -2.26. The van der Waals surface area contributed by atoms with E-state index in [0.29, 0.717) is 21.3 Å². The number of rotatable bonds is 4. The van der Waals surface area contributed by atoms with Crippen molar-refractivity contribution in [2.24, 2.45) is 0 Å². The number of nitrogen functional groups attached to an aromatic ring is 1. The fourth-order valence-corrected chi connectivity index (χ4v) is 3.43. The van der Waals surface area contributed by atoms with E-state index in [-0.39, 0.29) is 11.4 Å². The topological polar surface area (TPSA) is 63.4 Å². The van der Waals surface area contributed by atoms with Gasteiger partial charge in [0, 0.05) is 19.3 Å². The Kier molecular flexibility index (Phi) is 4.78. The minimum Gasteiger partial charge on any atom is -0.399 e. The Morgan fingerprint density at radius 1 is 1.14 bits per heavy atom. The molecule has 2 aromatic rings. The van der Waals surface area contributed by atoms with Crippen LogP contribution < -0.4 is 5.73 Å². The molecule has 21 heavy (non-hydrogen) atoms. The second-order valence-corrected chi connectivity index (χ2v) is 7.38. The Balaban J connectivity index is 2.31. The summed E-state index contributed by atoms with van der Waals surface area (Å²) in [6.45, 7) is 0.122. The zero-order chi connectivity index (χ0) is 15.6. The van der Waals surface area contributed by atoms with Gasteiger partial charge >= 0.3 is 0 Å². The van der Waals surface area contributed by atoms with Gasteiger partial charge in [0.1, 0.15) is 0 Å². The van der Waals surface area contributed by atoms with Crippen LogP contribution in [0.25, 0.3) is 0 Å². The molecule has 2 aromatic carbocycles. The van der Waals surface area contributed by atoms with Gasteiger partial charge in [0.05, 0.1) is 14.9 Å². The minimum absolute atomic E-state index is 0.122. The van der Waals surface area contributed by atoms with Gasteiger partial charge in [0.25, 0.3) is 0 Å². The third kappa shape index (κ3) is 3.49. The van der Waals surface area contributed by atoms with Gasteiger partial charge in [-0.25, -0.2) is 8.42 Å². The van der Waals surface area contributed by atoms with Crippen molar-refractivity contribution in [2.75, 3.05) is 12.8 Å². The first kappa shape index (κ1) is 16.1. The Labute approximate surface area is 134 Å². The Bertz CT molecular complexity index is 763. The highest BCUT2D eigenvalue weighted by atomic mass is 35.5. The molecule has 0 amide bonds. The molecule has 2 rings (SSSR count). The van der Waals surface area contributed by atoms with E-state index >= 15 is 0 Å². The molecule has 0 saturated heterocycles. The van der Waals surface area contributed by atoms with Gasteiger partial charge in [-0.2, -0.15) is 4.31 Å². The molecule has 0 atom stereocenters. The zero-order valence-corrected chi connectivity index (χ0v) is 13.6. The summed E-state index contributed by atoms with van der Waals surface area (Å²) >= 11 is 12.0. The number of halogens is 2. The van der Waals surface area contributed by atoms with Gasteiger partial charge in [-0.15, -0.1) is 0 Å². The molecule has 0 aliphatic carbocycles. The molecule has 0 unspecified atom stereocenters. The quantitative estimate of drug-likeness (QED) is 0.864. The summed E-state index contributed by atoms with van der Waals surface area (Å²) in [7, 11) is -2.16. The average molecular weight is 345 g/mol. The summed E-state index contributed by atoms with van der Waals surface area (Å²) in [6.07, 6.45) is 0. The highest BCUT2D eigenvalue weighted by Gasteiger charge is 2.22. The van der Waals surface area contributed by atoms with E-state index in [0.717, 1.165) is 0 Å². The van der Waals surface area contributed by atoms with E-state index < -0.39 is 10.0 Å². The predicted molar refractivity (Wildman–Crippen MR) is 86.0 cm³/mol. The summed E-state index contributed by atoms with van der Waals surface area (Å²) in [5, 5.41) is 0.748. The molecule has 0 fully saturated rings. The van der Waals surface area contributed by atoms with Crippen LogP contribution in [0.5, 0.6) is 0 Å². The van der Waals surface area contributed by atoms with Gasteiger partial charge in [0.15, 0.2) is 0 Å². The molecule has 2 N–H and O–H groups in total. The standard InChI is InChI=1S/C14H14Cl2N2O2S/c1-18(9-10-4-2-7-13(15)14(10)16)21(19,20)12-6-3-5-11(17)8-12/h2-8H,9,17H2,1H3. The van der Waals surface area contributed by atoms with E-state index in [1.807, 2.05) is 0 Å². The van der Waals surface area contributed by atoms with Crippen molar-refractivity contribution in [3.05, 3.63) is 58.1 Å². The van der Waals surface area contributed by atoms with Crippen molar-refractivity contribution in [3.8, 4) is 0 Å². The summed E-state index contributed by atoms with van der Waals surface area (Å²) in [6, 6.07) is 11.3. The molecule has 0 spiro atoms. The normalized spacial score (nSPS) is 11.8. The van der Waals surface area contributed by atoms with Crippen molar-refractivity contribution in [1.29, 1.82) is 0 Å². The maximum Gasteiger partial charge on any atom is 0.243 e. The first-order valence-corrected chi connectivity index (χ1v) is 8.27. The first-order valence-electron chi connectivity index (χ1n) is 6.07. The van der Waals surface area contributed by atoms with Crippen LogP contribution in [-0.2, 0) is 16.6 Å². The second-order valence-electron chi connectivity index (χ2n) is 4.55. The molecule has 0 aliphatic heterocycles. The zero-order valence-electron chi connectivity index (χ0n) is 11.3. The smallest absolute Gasteiger partial charge is 0.243 e. The van der Waals surface area contributed by atoms with Crippen LogP contribution in [0.15, 0.2) is 47.4 Å². The van der Waals surface area contributed by atoms with Crippen LogP contribution in [0.4, 0.5) is 5.69 Å². The molecule has 0 bridgehead atoms. The lowest BCUT2D eigenvalue weighted by Gasteiger charge is -2.18. The molecular formula is C14H14Cl2N2O2S. The number of benzene rings is 2. The molecule has 7 heteroatoms. The number of hydrogen-bond acceptors (Lipinski definition) is 3. The maximum atomic E-state index is 12.5. The lowest BCUT2D eigenvalue weighted by molar-refractivity contribution is 0.467. The van der Waals surface area contributed by atoms with Crippen LogP contribution in [0.1, 0.15) is 5.56 Å². The summed E-state index contributed by atoms with van der Waals surface area (Å²) < 4.78 is 26.2. The van der Waals surface area contributed by atoms with Crippen LogP contribution >= 0.6 is 23.2 Å². The highest BCUT2D eigenvalue weighted by Crippen LogP contribution is 2.27. The van der Waals surface area contributed by atoms with Crippen molar-refractivity contribution in [3.63, 3.8) is 0 Å². The number of nitrogens with zero attached hydrogens (tertiary/aromatic N) is 1. The number of anilines is 1. The molecular weight excluding hydrogens is 331 g/mol. The van der Waals surface area contributed by atoms with Crippen LogP contribution in [-0.4, -0.2) is 19.8 Å². The van der Waals surface area contributed by atoms with E-state index in [9.17, 15) is 8.42 Å². The number of nitrogens with two attached hydrogens (primary N) is 1. The van der Waals surface area contributed by atoms with E-state index in [2.05, 4.69) is 0 Å². The highest BCUT2D eigenvalue weighted by molar-refractivity contribution is 7.89. The first-order chi connectivity index (χ1) is 9.82. The van der Waals surface area contributed by atoms with Gasteiger partial charge in [-0.3, -0.25) is 0 Å². The number of hydrogen-bond donors (Lipinski definition) is 1. The molecule has 0 heterocycles. The Hall–Kier alpha value is -1.27. The fourth-order valence-electron chi connectivity index (χ4n) is 1.85. The monoisotopic (exact) mass is 344 g/mol. The Morgan fingerprint density at radius 2 is 1.81 bits per heavy atom. The van der Waals surface area contributed by atoms with Crippen LogP contribution in [0.3, 0.4) is 0 Å². The second kappa shape index (κ2) is 6.23. The molecule has 0 aromatic heterocycles.